The Morgan fingerprint density at radius 1 is 0.944 bits per heavy atom. The van der Waals surface area contributed by atoms with Crippen molar-refractivity contribution in [2.75, 3.05) is 44.2 Å². The summed E-state index contributed by atoms with van der Waals surface area (Å²) in [4.78, 5) is 17.8. The molecule has 1 fully saturated rings. The number of halogens is 2. The number of benzene rings is 2. The number of nitrogens with one attached hydrogen (secondary N) is 1. The maximum atomic E-state index is 13.1. The van der Waals surface area contributed by atoms with Gasteiger partial charge in [0.1, 0.15) is 0 Å². The van der Waals surface area contributed by atoms with Gasteiger partial charge in [0.15, 0.2) is 0 Å². The highest BCUT2D eigenvalue weighted by atomic mass is 35.5. The van der Waals surface area contributed by atoms with Crippen molar-refractivity contribution in [3.63, 3.8) is 0 Å². The van der Waals surface area contributed by atoms with E-state index in [4.69, 9.17) is 23.2 Å². The van der Waals surface area contributed by atoms with Gasteiger partial charge < -0.3 is 14.8 Å². The molecule has 36 heavy (non-hydrogen) atoms. The van der Waals surface area contributed by atoms with Crippen molar-refractivity contribution in [1.29, 1.82) is 0 Å². The number of aromatic nitrogens is 1. The SMILES string of the molecule is CCCCn1c(-c2ccccc2)cc(C(=O)NCCCN2CCN(c3cccc(Cl)c3Cl)CC2)c1C. The lowest BCUT2D eigenvalue weighted by molar-refractivity contribution is 0.0950. The van der Waals surface area contributed by atoms with Crippen LogP contribution in [-0.2, 0) is 6.54 Å². The van der Waals surface area contributed by atoms with E-state index in [0.29, 0.717) is 16.6 Å². The lowest BCUT2D eigenvalue weighted by Crippen LogP contribution is -2.47. The summed E-state index contributed by atoms with van der Waals surface area (Å²) >= 11 is 12.6. The van der Waals surface area contributed by atoms with Gasteiger partial charge in [-0.25, -0.2) is 0 Å². The monoisotopic (exact) mass is 526 g/mol. The Bertz CT molecular complexity index is 1150. The molecule has 1 aliphatic heterocycles. The van der Waals surface area contributed by atoms with E-state index in [9.17, 15) is 4.79 Å². The Balaban J connectivity index is 1.28. The fraction of sp³-hybridized carbons (Fsp3) is 0.414. The fourth-order valence-electron chi connectivity index (χ4n) is 4.88. The zero-order valence-electron chi connectivity index (χ0n) is 21.3. The highest BCUT2D eigenvalue weighted by Crippen LogP contribution is 2.33. The predicted octanol–water partition coefficient (Wildman–Crippen LogP) is 6.51. The third kappa shape index (κ3) is 6.26. The first-order valence-electron chi connectivity index (χ1n) is 12.9. The molecule has 5 nitrogen and oxygen atoms in total. The summed E-state index contributed by atoms with van der Waals surface area (Å²) in [5, 5.41) is 4.38. The van der Waals surface area contributed by atoms with E-state index in [-0.39, 0.29) is 5.91 Å². The molecule has 7 heteroatoms. The predicted molar refractivity (Wildman–Crippen MR) is 152 cm³/mol. The first-order valence-corrected chi connectivity index (χ1v) is 13.7. The Hall–Kier alpha value is -2.47. The van der Waals surface area contributed by atoms with Gasteiger partial charge in [0.2, 0.25) is 0 Å². The van der Waals surface area contributed by atoms with E-state index < -0.39 is 0 Å². The van der Waals surface area contributed by atoms with Crippen LogP contribution in [0.25, 0.3) is 11.3 Å². The first kappa shape index (κ1) is 26.6. The van der Waals surface area contributed by atoms with Crippen LogP contribution in [0.5, 0.6) is 0 Å². The van der Waals surface area contributed by atoms with Crippen molar-refractivity contribution >= 4 is 34.8 Å². The second kappa shape index (κ2) is 12.7. The zero-order chi connectivity index (χ0) is 25.5. The van der Waals surface area contributed by atoms with E-state index in [0.717, 1.165) is 86.7 Å². The number of carbonyl (C=O) groups excluding carboxylic acids is 1. The number of carbonyl (C=O) groups is 1. The van der Waals surface area contributed by atoms with Crippen molar-refractivity contribution < 1.29 is 4.79 Å². The molecule has 0 radical (unpaired) electrons. The number of unbranched alkanes of at least 4 members (excludes halogenated alkanes) is 1. The van der Waals surface area contributed by atoms with Crippen LogP contribution in [0.15, 0.2) is 54.6 Å². The molecule has 1 amide bonds. The molecule has 3 aromatic rings. The molecular formula is C29H36Cl2N4O. The lowest BCUT2D eigenvalue weighted by atomic mass is 10.1. The molecule has 0 aliphatic carbocycles. The molecular weight excluding hydrogens is 491 g/mol. The Labute approximate surface area is 225 Å². The quantitative estimate of drug-likeness (QED) is 0.306. The molecule has 0 spiro atoms. The summed E-state index contributed by atoms with van der Waals surface area (Å²) in [6, 6.07) is 18.2. The molecule has 1 N–H and O–H groups in total. The molecule has 192 valence electrons. The smallest absolute Gasteiger partial charge is 0.253 e. The number of amides is 1. The van der Waals surface area contributed by atoms with E-state index >= 15 is 0 Å². The molecule has 0 unspecified atom stereocenters. The van der Waals surface area contributed by atoms with Crippen molar-refractivity contribution in [2.45, 2.75) is 39.7 Å². The molecule has 0 atom stereocenters. The van der Waals surface area contributed by atoms with Gasteiger partial charge in [0.25, 0.3) is 5.91 Å². The maximum absolute atomic E-state index is 13.1. The normalized spacial score (nSPS) is 14.3. The molecule has 1 aliphatic rings. The maximum Gasteiger partial charge on any atom is 0.253 e. The van der Waals surface area contributed by atoms with Gasteiger partial charge in [-0.1, -0.05) is 72.9 Å². The van der Waals surface area contributed by atoms with Gasteiger partial charge in [0.05, 0.1) is 21.3 Å². The molecule has 1 saturated heterocycles. The minimum Gasteiger partial charge on any atom is -0.368 e. The molecule has 1 aromatic heterocycles. The first-order chi connectivity index (χ1) is 17.5. The molecule has 4 rings (SSSR count). The van der Waals surface area contributed by atoms with Gasteiger partial charge in [-0.3, -0.25) is 9.69 Å². The van der Waals surface area contributed by atoms with Crippen LogP contribution in [0.2, 0.25) is 10.0 Å². The van der Waals surface area contributed by atoms with Crippen LogP contribution in [0.3, 0.4) is 0 Å². The van der Waals surface area contributed by atoms with E-state index in [1.54, 1.807) is 0 Å². The Morgan fingerprint density at radius 2 is 1.69 bits per heavy atom. The van der Waals surface area contributed by atoms with Crippen LogP contribution in [0.4, 0.5) is 5.69 Å². The average molecular weight is 528 g/mol. The number of anilines is 1. The summed E-state index contributed by atoms with van der Waals surface area (Å²) in [6.45, 7) is 10.6. The third-order valence-corrected chi connectivity index (χ3v) is 7.81. The molecule has 0 saturated carbocycles. The second-order valence-electron chi connectivity index (χ2n) is 9.41. The van der Waals surface area contributed by atoms with E-state index in [2.05, 4.69) is 51.7 Å². The van der Waals surface area contributed by atoms with Gasteiger partial charge >= 0.3 is 0 Å². The molecule has 0 bridgehead atoms. The van der Waals surface area contributed by atoms with Crippen LogP contribution in [0, 0.1) is 6.92 Å². The minimum atomic E-state index is 0.0142. The highest BCUT2D eigenvalue weighted by Gasteiger charge is 2.20. The van der Waals surface area contributed by atoms with E-state index in [1.807, 2.05) is 36.4 Å². The number of nitrogens with zero attached hydrogens (tertiary/aromatic N) is 3. The highest BCUT2D eigenvalue weighted by molar-refractivity contribution is 6.43. The largest absolute Gasteiger partial charge is 0.368 e. The average Bonchev–Trinajstić information content (AvgIpc) is 3.23. The molecule has 2 aromatic carbocycles. The number of hydrogen-bond donors (Lipinski definition) is 1. The van der Waals surface area contributed by atoms with Gasteiger partial charge in [-0.05, 0) is 50.1 Å². The van der Waals surface area contributed by atoms with Gasteiger partial charge in [-0.2, -0.15) is 0 Å². The zero-order valence-corrected chi connectivity index (χ0v) is 22.8. The van der Waals surface area contributed by atoms with Crippen molar-refractivity contribution in [2.24, 2.45) is 0 Å². The Kier molecular flexibility index (Phi) is 9.35. The van der Waals surface area contributed by atoms with Crippen LogP contribution in [-0.4, -0.2) is 54.6 Å². The Morgan fingerprint density at radius 3 is 2.42 bits per heavy atom. The third-order valence-electron chi connectivity index (χ3n) is 7.00. The summed E-state index contributed by atoms with van der Waals surface area (Å²) in [6.07, 6.45) is 3.13. The van der Waals surface area contributed by atoms with E-state index in [1.165, 1.54) is 0 Å². The van der Waals surface area contributed by atoms with Gasteiger partial charge in [-0.15, -0.1) is 0 Å². The van der Waals surface area contributed by atoms with Crippen LogP contribution >= 0.6 is 23.2 Å². The van der Waals surface area contributed by atoms with Crippen LogP contribution in [0.1, 0.15) is 42.2 Å². The number of rotatable bonds is 10. The topological polar surface area (TPSA) is 40.5 Å². The lowest BCUT2D eigenvalue weighted by Gasteiger charge is -2.36. The van der Waals surface area contributed by atoms with Crippen molar-refractivity contribution in [3.8, 4) is 11.3 Å². The van der Waals surface area contributed by atoms with Crippen LogP contribution < -0.4 is 10.2 Å². The van der Waals surface area contributed by atoms with Gasteiger partial charge in [0, 0.05) is 50.7 Å². The fourth-order valence-corrected chi connectivity index (χ4v) is 5.29. The standard InChI is InChI=1S/C29H36Cl2N4O/c1-3-4-16-35-22(2)24(21-27(35)23-10-6-5-7-11-23)29(36)32-14-9-15-33-17-19-34(20-18-33)26-13-8-12-25(30)28(26)31/h5-8,10-13,21H,3-4,9,14-20H2,1-2H3,(H,32,36). The molecule has 2 heterocycles. The second-order valence-corrected chi connectivity index (χ2v) is 10.2. The van der Waals surface area contributed by atoms with Crippen molar-refractivity contribution in [1.82, 2.24) is 14.8 Å². The minimum absolute atomic E-state index is 0.0142. The number of piperazine rings is 1. The summed E-state index contributed by atoms with van der Waals surface area (Å²) in [5.74, 6) is 0.0142. The summed E-state index contributed by atoms with van der Waals surface area (Å²) in [5.41, 5.74) is 5.08. The summed E-state index contributed by atoms with van der Waals surface area (Å²) < 4.78 is 2.29. The summed E-state index contributed by atoms with van der Waals surface area (Å²) in [7, 11) is 0. The number of hydrogen-bond acceptors (Lipinski definition) is 3. The van der Waals surface area contributed by atoms with Crippen molar-refractivity contribution in [3.05, 3.63) is 75.9 Å².